The van der Waals surface area contributed by atoms with Gasteiger partial charge in [0, 0.05) is 43.2 Å². The van der Waals surface area contributed by atoms with Gasteiger partial charge in [0.1, 0.15) is 28.9 Å². The number of rotatable bonds is 18. The molecule has 2 aliphatic heterocycles. The van der Waals surface area contributed by atoms with Crippen LogP contribution >= 0.6 is 11.3 Å². The first-order valence-electron chi connectivity index (χ1n) is 21.2. The van der Waals surface area contributed by atoms with Gasteiger partial charge in [0.2, 0.25) is 11.8 Å². The average molecular weight is 867 g/mol. The van der Waals surface area contributed by atoms with E-state index in [0.29, 0.717) is 47.0 Å². The molecule has 4 amide bonds. The number of ether oxygens (including phenoxy) is 1. The molecule has 6 atom stereocenters. The zero-order valence-electron chi connectivity index (χ0n) is 36.2. The summed E-state index contributed by atoms with van der Waals surface area (Å²) in [7, 11) is 1.53. The lowest BCUT2D eigenvalue weighted by Gasteiger charge is -2.35. The van der Waals surface area contributed by atoms with Crippen LogP contribution in [0.1, 0.15) is 78.3 Å². The number of nitrogens with two attached hydrogens (primary N) is 1. The van der Waals surface area contributed by atoms with Crippen LogP contribution in [0.3, 0.4) is 0 Å². The van der Waals surface area contributed by atoms with Crippen LogP contribution in [0.4, 0.5) is 0 Å². The molecule has 62 heavy (non-hydrogen) atoms. The molecule has 0 spiro atoms. The maximum atomic E-state index is 14.2. The number of methoxy groups -OCH3 is 1. The van der Waals surface area contributed by atoms with E-state index in [1.165, 1.54) is 23.3 Å². The quantitative estimate of drug-likeness (QED) is 0.0975. The van der Waals surface area contributed by atoms with Crippen molar-refractivity contribution < 1.29 is 38.9 Å². The smallest absolute Gasteiger partial charge is 0.255 e. The van der Waals surface area contributed by atoms with Crippen molar-refractivity contribution in [1.82, 2.24) is 25.4 Å². The molecule has 330 valence electrons. The van der Waals surface area contributed by atoms with Gasteiger partial charge in [-0.2, -0.15) is 0 Å². The minimum Gasteiger partial charge on any atom is -0.496 e. The van der Waals surface area contributed by atoms with Crippen LogP contribution in [0.25, 0.3) is 10.4 Å². The summed E-state index contributed by atoms with van der Waals surface area (Å²) in [6, 6.07) is 18.7. The van der Waals surface area contributed by atoms with Crippen LogP contribution in [-0.4, -0.2) is 104 Å². The van der Waals surface area contributed by atoms with E-state index in [9.17, 15) is 34.2 Å². The molecular weight excluding hydrogens is 809 g/mol. The molecule has 6 N–H and O–H groups in total. The van der Waals surface area contributed by atoms with Gasteiger partial charge in [-0.15, -0.1) is 11.3 Å². The molecule has 6 rings (SSSR count). The van der Waals surface area contributed by atoms with Crippen LogP contribution in [0.2, 0.25) is 0 Å². The Balaban J connectivity index is 1.09. The molecule has 3 heterocycles. The molecular formula is C47H58N6O8S. The molecule has 4 aromatic rings. The number of hydrogen-bond acceptors (Lipinski definition) is 11. The van der Waals surface area contributed by atoms with Crippen molar-refractivity contribution in [2.45, 2.75) is 110 Å². The number of aliphatic hydroxyl groups excluding tert-OH is 2. The van der Waals surface area contributed by atoms with Crippen molar-refractivity contribution in [3.05, 3.63) is 106 Å². The number of carbonyl (C=O) groups is 5. The number of thiazole rings is 1. The van der Waals surface area contributed by atoms with Crippen LogP contribution < -0.4 is 21.1 Å². The van der Waals surface area contributed by atoms with Crippen molar-refractivity contribution in [2.75, 3.05) is 13.7 Å². The third-order valence-corrected chi connectivity index (χ3v) is 12.7. The highest BCUT2D eigenvalue weighted by Crippen LogP contribution is 2.35. The van der Waals surface area contributed by atoms with Gasteiger partial charge in [-0.05, 0) is 60.4 Å². The number of ketones is 1. The second-order valence-corrected chi connectivity index (χ2v) is 18.2. The minimum atomic E-state index is -1.50. The maximum Gasteiger partial charge on any atom is 0.255 e. The zero-order chi connectivity index (χ0) is 44.8. The highest BCUT2D eigenvalue weighted by Gasteiger charge is 2.46. The third-order valence-electron chi connectivity index (χ3n) is 11.5. The number of nitrogens with zero attached hydrogens (tertiary/aromatic N) is 3. The van der Waals surface area contributed by atoms with Gasteiger partial charge in [0.15, 0.2) is 5.78 Å². The van der Waals surface area contributed by atoms with Crippen LogP contribution in [0.5, 0.6) is 5.75 Å². The Morgan fingerprint density at radius 1 is 1.02 bits per heavy atom. The van der Waals surface area contributed by atoms with Crippen molar-refractivity contribution in [2.24, 2.45) is 17.6 Å². The molecule has 1 fully saturated rings. The summed E-state index contributed by atoms with van der Waals surface area (Å²) in [6.07, 6.45) is -1.68. The van der Waals surface area contributed by atoms with Gasteiger partial charge in [-0.3, -0.25) is 24.0 Å². The lowest BCUT2D eigenvalue weighted by Crippen LogP contribution is -2.55. The van der Waals surface area contributed by atoms with Crippen LogP contribution in [0.15, 0.2) is 72.8 Å². The van der Waals surface area contributed by atoms with Gasteiger partial charge in [0.05, 0.1) is 36.2 Å². The number of carbonyl (C=O) groups excluding carboxylic acids is 5. The molecule has 1 aromatic heterocycles. The first-order valence-corrected chi connectivity index (χ1v) is 22.0. The zero-order valence-corrected chi connectivity index (χ0v) is 37.0. The number of benzene rings is 3. The Morgan fingerprint density at radius 2 is 1.73 bits per heavy atom. The molecule has 3 aromatic carbocycles. The molecule has 1 saturated heterocycles. The summed E-state index contributed by atoms with van der Waals surface area (Å²) in [5.41, 5.74) is 10.7. The number of nitrogens with one attached hydrogen (secondary N) is 2. The summed E-state index contributed by atoms with van der Waals surface area (Å²) in [5, 5.41) is 27.7. The Bertz CT molecular complexity index is 2260. The van der Waals surface area contributed by atoms with E-state index in [2.05, 4.69) is 10.6 Å². The Kier molecular flexibility index (Phi) is 15.0. The van der Waals surface area contributed by atoms with Crippen molar-refractivity contribution in [1.29, 1.82) is 0 Å². The van der Waals surface area contributed by atoms with Crippen molar-refractivity contribution >= 4 is 40.7 Å². The van der Waals surface area contributed by atoms with E-state index in [1.807, 2.05) is 95.3 Å². The second kappa shape index (κ2) is 20.1. The molecule has 0 aliphatic carbocycles. The van der Waals surface area contributed by atoms with E-state index >= 15 is 0 Å². The third kappa shape index (κ3) is 10.6. The van der Waals surface area contributed by atoms with Gasteiger partial charge in [0.25, 0.3) is 11.8 Å². The van der Waals surface area contributed by atoms with Gasteiger partial charge < -0.3 is 41.1 Å². The molecule has 0 unspecified atom stereocenters. The Morgan fingerprint density at radius 3 is 2.40 bits per heavy atom. The van der Waals surface area contributed by atoms with Gasteiger partial charge in [-0.25, -0.2) is 4.98 Å². The standard InChI is InChI=1S/C47H58N6O8S/c1-26(2)18-36(51-45(58)42(56)35(48)19-29-12-8-7-9-13-29)38(55)22-40-50-28(5)43(62-40)30-16-17-31(39(20-30)61-6)23-49-44(57)37-21-33(54)25-52(37)47(60)41(27(3)4)53-24-32-14-10-11-15-34(32)46(53)59/h7-17,20,26-27,33,35-37,41-42,54,56H,18-19,21-25,48H2,1-6H3,(H,49,57)(H,51,58)/t33-,35-,36+,37+,41+,42+/m1/s1. The Labute approximate surface area is 366 Å². The normalized spacial score (nSPS) is 18.1. The Hall–Kier alpha value is -5.48. The highest BCUT2D eigenvalue weighted by atomic mass is 32.1. The first-order chi connectivity index (χ1) is 29.6. The fraction of sp³-hybridized carbons (Fsp3) is 0.447. The van der Waals surface area contributed by atoms with E-state index in [-0.39, 0.29) is 55.4 Å². The van der Waals surface area contributed by atoms with E-state index in [0.717, 1.165) is 21.6 Å². The van der Waals surface area contributed by atoms with Gasteiger partial charge >= 0.3 is 0 Å². The predicted octanol–water partition coefficient (Wildman–Crippen LogP) is 3.96. The van der Waals surface area contributed by atoms with Crippen LogP contribution in [0, 0.1) is 18.8 Å². The summed E-state index contributed by atoms with van der Waals surface area (Å²) >= 11 is 1.36. The number of aromatic nitrogens is 1. The van der Waals surface area contributed by atoms with E-state index in [1.54, 1.807) is 17.0 Å². The van der Waals surface area contributed by atoms with Crippen molar-refractivity contribution in [3.8, 4) is 16.2 Å². The predicted molar refractivity (Wildman–Crippen MR) is 236 cm³/mol. The SMILES string of the molecule is COc1cc(-c2sc(CC(=O)[C@H](CC(C)C)NC(=O)[C@@H](O)[C@H](N)Cc3ccccc3)nc2C)ccc1CNC(=O)[C@@H]1C[C@@H](O)CN1C(=O)[C@H](C(C)C)N1Cc2ccccc2C1=O. The monoisotopic (exact) mass is 866 g/mol. The molecule has 2 aliphatic rings. The molecule has 0 saturated carbocycles. The minimum absolute atomic E-state index is 0.0189. The van der Waals surface area contributed by atoms with Gasteiger partial charge in [-0.1, -0.05) is 88.4 Å². The van der Waals surface area contributed by atoms with E-state index < -0.39 is 48.2 Å². The second-order valence-electron chi connectivity index (χ2n) is 17.1. The number of amides is 4. The highest BCUT2D eigenvalue weighted by molar-refractivity contribution is 7.15. The molecule has 15 heteroatoms. The lowest BCUT2D eigenvalue weighted by atomic mass is 9.97. The fourth-order valence-corrected chi connectivity index (χ4v) is 9.42. The van der Waals surface area contributed by atoms with Crippen LogP contribution in [-0.2, 0) is 45.1 Å². The molecule has 0 radical (unpaired) electrons. The number of likely N-dealkylation sites (tertiary alicyclic amines) is 1. The lowest BCUT2D eigenvalue weighted by molar-refractivity contribution is -0.143. The number of hydrogen-bond donors (Lipinski definition) is 5. The number of β-amino-alcohol motifs (C(OH)–C–C–N with tert-alkyl or cyclic N) is 1. The summed E-state index contributed by atoms with van der Waals surface area (Å²) in [5.74, 6) is -1.61. The molecule has 0 bridgehead atoms. The number of Topliss-reactive ketones (excluding diaryl/α,β-unsaturated/α-hetero) is 1. The maximum absolute atomic E-state index is 14.2. The molecule has 14 nitrogen and oxygen atoms in total. The fourth-order valence-electron chi connectivity index (χ4n) is 8.35. The summed E-state index contributed by atoms with van der Waals surface area (Å²) in [4.78, 5) is 76.6. The summed E-state index contributed by atoms with van der Waals surface area (Å²) in [6.45, 7) is 9.86. The van der Waals surface area contributed by atoms with Crippen molar-refractivity contribution in [3.63, 3.8) is 0 Å². The summed E-state index contributed by atoms with van der Waals surface area (Å²) < 4.78 is 5.75. The number of aliphatic hydroxyl groups is 2. The topological polar surface area (TPSA) is 204 Å². The average Bonchev–Trinajstić information content (AvgIpc) is 3.92. The first kappa shape index (κ1) is 46.0. The van der Waals surface area contributed by atoms with E-state index in [4.69, 9.17) is 15.5 Å². The number of aryl methyl sites for hydroxylation is 1. The number of fused-ring (bicyclic) bond motifs is 1. The largest absolute Gasteiger partial charge is 0.496 e.